The lowest BCUT2D eigenvalue weighted by atomic mass is 10.0. The van der Waals surface area contributed by atoms with Crippen LogP contribution in [0.4, 0.5) is 0 Å². The van der Waals surface area contributed by atoms with E-state index >= 15 is 0 Å². The van der Waals surface area contributed by atoms with Gasteiger partial charge in [-0.2, -0.15) is 0 Å². The van der Waals surface area contributed by atoms with Crippen LogP contribution in [0, 0.1) is 11.8 Å². The first kappa shape index (κ1) is 97.1. The number of phosphoric ester groups is 2. The van der Waals surface area contributed by atoms with Crippen LogP contribution in [0.25, 0.3) is 0 Å². The predicted molar refractivity (Wildman–Crippen MR) is 405 cm³/mol. The van der Waals surface area contributed by atoms with Crippen molar-refractivity contribution < 1.29 is 80.2 Å². The summed E-state index contributed by atoms with van der Waals surface area (Å²) in [5, 5.41) is 10.6. The van der Waals surface area contributed by atoms with Crippen LogP contribution in [0.15, 0.2) is 0 Å². The Balaban J connectivity index is 5.21. The van der Waals surface area contributed by atoms with Crippen LogP contribution >= 0.6 is 15.6 Å². The van der Waals surface area contributed by atoms with E-state index in [1.807, 2.05) is 0 Å². The largest absolute Gasteiger partial charge is 0.472 e. The minimum atomic E-state index is -4.96. The van der Waals surface area contributed by atoms with E-state index in [1.54, 1.807) is 0 Å². The second-order valence-corrected chi connectivity index (χ2v) is 32.7. The van der Waals surface area contributed by atoms with Crippen LogP contribution in [0.5, 0.6) is 0 Å². The Morgan fingerprint density at radius 1 is 0.273 bits per heavy atom. The lowest BCUT2D eigenvalue weighted by Crippen LogP contribution is -2.30. The summed E-state index contributed by atoms with van der Waals surface area (Å²) in [6.07, 6.45) is 61.4. The standard InChI is InChI=1S/C80H156O17P2/c1-7-9-11-13-15-17-19-21-23-25-27-28-30-32-34-36-38-45-52-58-64-79(84)96-75(68-90-77(82)62-56-50-44-37-35-33-31-29-26-24-22-20-18-16-14-12-10-8-2)70-94-98(86,87)92-66-74(81)67-93-99(88,89)95-71-76(69-91-78(83)63-57-51-47-41-43-49-55-61-73(5)6)97-80(85)65-59-53-46-40-39-42-48-54-60-72(3)4/h72-76,81H,7-71H2,1-6H3,(H,86,87)(H,88,89)/t74-,75-,76-/m1/s1. The van der Waals surface area contributed by atoms with E-state index in [4.69, 9.17) is 37.0 Å². The number of rotatable bonds is 79. The molecule has 0 saturated heterocycles. The fourth-order valence-corrected chi connectivity index (χ4v) is 13.9. The van der Waals surface area contributed by atoms with Gasteiger partial charge in [-0.25, -0.2) is 9.13 Å². The summed E-state index contributed by atoms with van der Waals surface area (Å²) >= 11 is 0. The SMILES string of the molecule is CCCCCCCCCCCCCCCCCCCCCCC(=O)O[C@H](COC(=O)CCCCCCCCCCCCCCCCCCCC)COP(=O)(O)OC[C@@H](O)COP(=O)(O)OC[C@@H](COC(=O)CCCCCCCCCC(C)C)OC(=O)CCCCCCCCCCC(C)C. The lowest BCUT2D eigenvalue weighted by molar-refractivity contribution is -0.161. The normalized spacial score (nSPS) is 13.9. The second-order valence-electron chi connectivity index (χ2n) is 29.8. The highest BCUT2D eigenvalue weighted by Gasteiger charge is 2.30. The summed E-state index contributed by atoms with van der Waals surface area (Å²) < 4.78 is 68.6. The highest BCUT2D eigenvalue weighted by molar-refractivity contribution is 7.47. The Bertz CT molecular complexity index is 1910. The van der Waals surface area contributed by atoms with E-state index in [-0.39, 0.29) is 25.7 Å². The number of phosphoric acid groups is 2. The summed E-state index contributed by atoms with van der Waals surface area (Å²) in [6, 6.07) is 0. The molecule has 0 heterocycles. The maximum atomic E-state index is 13.1. The quantitative estimate of drug-likeness (QED) is 0.0222. The summed E-state index contributed by atoms with van der Waals surface area (Å²) in [4.78, 5) is 72.9. The first-order chi connectivity index (χ1) is 47.9. The third kappa shape index (κ3) is 74.1. The van der Waals surface area contributed by atoms with Crippen LogP contribution in [0.2, 0.25) is 0 Å². The zero-order chi connectivity index (χ0) is 72.8. The Kier molecular flexibility index (Phi) is 70.3. The number of ether oxygens (including phenoxy) is 4. The van der Waals surface area contributed by atoms with Gasteiger partial charge in [-0.3, -0.25) is 37.3 Å². The van der Waals surface area contributed by atoms with Gasteiger partial charge in [0.05, 0.1) is 26.4 Å². The molecule has 0 aliphatic heterocycles. The molecule has 99 heavy (non-hydrogen) atoms. The summed E-state index contributed by atoms with van der Waals surface area (Å²) in [6.45, 7) is 9.52. The van der Waals surface area contributed by atoms with Crippen molar-refractivity contribution in [3.63, 3.8) is 0 Å². The molecule has 0 saturated carbocycles. The van der Waals surface area contributed by atoms with E-state index in [0.717, 1.165) is 102 Å². The molecule has 0 fully saturated rings. The Labute approximate surface area is 607 Å². The van der Waals surface area contributed by atoms with E-state index < -0.39 is 97.5 Å². The van der Waals surface area contributed by atoms with Crippen molar-refractivity contribution in [2.24, 2.45) is 11.8 Å². The topological polar surface area (TPSA) is 237 Å². The summed E-state index contributed by atoms with van der Waals surface area (Å²) in [7, 11) is -9.92. The third-order valence-corrected chi connectivity index (χ3v) is 20.6. The molecule has 5 atom stereocenters. The minimum Gasteiger partial charge on any atom is -0.462 e. The number of aliphatic hydroxyl groups excluding tert-OH is 1. The van der Waals surface area contributed by atoms with Gasteiger partial charge in [0.25, 0.3) is 0 Å². The van der Waals surface area contributed by atoms with Crippen molar-refractivity contribution in [1.82, 2.24) is 0 Å². The highest BCUT2D eigenvalue weighted by atomic mass is 31.2. The van der Waals surface area contributed by atoms with E-state index in [1.165, 1.54) is 231 Å². The molecular formula is C80H156O17P2. The molecule has 0 rings (SSSR count). The van der Waals surface area contributed by atoms with Gasteiger partial charge in [0.15, 0.2) is 12.2 Å². The van der Waals surface area contributed by atoms with Gasteiger partial charge in [-0.15, -0.1) is 0 Å². The molecule has 19 heteroatoms. The molecule has 3 N–H and O–H groups in total. The Morgan fingerprint density at radius 3 is 0.687 bits per heavy atom. The minimum absolute atomic E-state index is 0.104. The molecule has 0 spiro atoms. The van der Waals surface area contributed by atoms with Crippen molar-refractivity contribution in [2.75, 3.05) is 39.6 Å². The molecular weight excluding hydrogens is 1290 g/mol. The Hall–Kier alpha value is -1.94. The number of carbonyl (C=O) groups is 4. The number of aliphatic hydroxyl groups is 1. The van der Waals surface area contributed by atoms with Crippen LogP contribution in [0.3, 0.4) is 0 Å². The fourth-order valence-electron chi connectivity index (χ4n) is 12.4. The number of carbonyl (C=O) groups excluding carboxylic acids is 4. The maximum absolute atomic E-state index is 13.1. The molecule has 0 bridgehead atoms. The van der Waals surface area contributed by atoms with Crippen molar-refractivity contribution in [2.45, 2.75) is 439 Å². The second kappa shape index (κ2) is 71.7. The van der Waals surface area contributed by atoms with Gasteiger partial charge < -0.3 is 33.8 Å². The number of hydrogen-bond acceptors (Lipinski definition) is 15. The van der Waals surface area contributed by atoms with Gasteiger partial charge in [-0.05, 0) is 37.5 Å². The molecule has 0 aromatic carbocycles. The fraction of sp³-hybridized carbons (Fsp3) is 0.950. The van der Waals surface area contributed by atoms with Crippen LogP contribution in [-0.2, 0) is 65.4 Å². The number of unbranched alkanes of at least 4 members (excludes halogenated alkanes) is 49. The van der Waals surface area contributed by atoms with E-state index in [0.29, 0.717) is 31.6 Å². The monoisotopic (exact) mass is 1450 g/mol. The first-order valence-corrected chi connectivity index (χ1v) is 44.5. The van der Waals surface area contributed by atoms with Crippen molar-refractivity contribution >= 4 is 39.5 Å². The molecule has 0 aromatic heterocycles. The predicted octanol–water partition coefficient (Wildman–Crippen LogP) is 23.9. The zero-order valence-electron chi connectivity index (χ0n) is 64.8. The first-order valence-electron chi connectivity index (χ1n) is 41.5. The van der Waals surface area contributed by atoms with Crippen LogP contribution in [-0.4, -0.2) is 96.7 Å². The van der Waals surface area contributed by atoms with E-state index in [2.05, 4.69) is 41.5 Å². The average Bonchev–Trinajstić information content (AvgIpc) is 0.960. The van der Waals surface area contributed by atoms with Gasteiger partial charge in [0, 0.05) is 25.7 Å². The molecule has 0 amide bonds. The third-order valence-electron chi connectivity index (χ3n) is 18.7. The van der Waals surface area contributed by atoms with E-state index in [9.17, 15) is 43.2 Å². The number of hydrogen-bond donors (Lipinski definition) is 3. The number of esters is 4. The maximum Gasteiger partial charge on any atom is 0.472 e. The van der Waals surface area contributed by atoms with Gasteiger partial charge in [0.1, 0.15) is 19.3 Å². The van der Waals surface area contributed by atoms with Crippen LogP contribution in [0.1, 0.15) is 420 Å². The van der Waals surface area contributed by atoms with Gasteiger partial charge >= 0.3 is 39.5 Å². The molecule has 0 aliphatic carbocycles. The lowest BCUT2D eigenvalue weighted by Gasteiger charge is -2.21. The van der Waals surface area contributed by atoms with Gasteiger partial charge in [-0.1, -0.05) is 369 Å². The average molecular weight is 1450 g/mol. The molecule has 0 aliphatic rings. The Morgan fingerprint density at radius 2 is 0.465 bits per heavy atom. The van der Waals surface area contributed by atoms with Crippen molar-refractivity contribution in [3.05, 3.63) is 0 Å². The molecule has 588 valence electrons. The summed E-state index contributed by atoms with van der Waals surface area (Å²) in [5.41, 5.74) is 0. The molecule has 0 radical (unpaired) electrons. The van der Waals surface area contributed by atoms with Crippen LogP contribution < -0.4 is 0 Å². The zero-order valence-corrected chi connectivity index (χ0v) is 66.6. The highest BCUT2D eigenvalue weighted by Crippen LogP contribution is 2.45. The molecule has 0 aromatic rings. The molecule has 2 unspecified atom stereocenters. The van der Waals surface area contributed by atoms with Crippen molar-refractivity contribution in [1.29, 1.82) is 0 Å². The van der Waals surface area contributed by atoms with Gasteiger partial charge in [0.2, 0.25) is 0 Å². The summed E-state index contributed by atoms with van der Waals surface area (Å²) in [5.74, 6) is -0.691. The molecule has 17 nitrogen and oxygen atoms in total. The smallest absolute Gasteiger partial charge is 0.462 e. The van der Waals surface area contributed by atoms with Crippen molar-refractivity contribution in [3.8, 4) is 0 Å².